The van der Waals surface area contributed by atoms with E-state index in [1.165, 1.54) is 6.20 Å². The van der Waals surface area contributed by atoms with Gasteiger partial charge in [-0.15, -0.1) is 0 Å². The normalized spacial score (nSPS) is 10.8. The average molecular weight is 295 g/mol. The van der Waals surface area contributed by atoms with Gasteiger partial charge >= 0.3 is 5.97 Å². The first kappa shape index (κ1) is 13.0. The van der Waals surface area contributed by atoms with Gasteiger partial charge in [-0.3, -0.25) is 9.78 Å². The Labute approximate surface area is 98.6 Å². The Balaban J connectivity index is 3.26. The van der Waals surface area contributed by atoms with Crippen LogP contribution in [0.3, 0.4) is 0 Å². The molecule has 1 aromatic rings. The second kappa shape index (κ2) is 5.31. The van der Waals surface area contributed by atoms with Gasteiger partial charge in [-0.25, -0.2) is 8.78 Å². The van der Waals surface area contributed by atoms with Gasteiger partial charge in [0.25, 0.3) is 6.43 Å². The molecule has 0 aliphatic rings. The highest BCUT2D eigenvalue weighted by Crippen LogP contribution is 2.32. The Morgan fingerprint density at radius 3 is 2.69 bits per heavy atom. The highest BCUT2D eigenvalue weighted by molar-refractivity contribution is 9.10. The Kier molecular flexibility index (Phi) is 4.31. The maximum Gasteiger partial charge on any atom is 0.309 e. The molecule has 16 heavy (non-hydrogen) atoms. The van der Waals surface area contributed by atoms with Crippen LogP contribution in [0, 0.1) is 0 Å². The van der Waals surface area contributed by atoms with E-state index in [9.17, 15) is 13.6 Å². The first-order valence-corrected chi connectivity index (χ1v) is 5.12. The second-order valence-electron chi connectivity index (χ2n) is 3.03. The molecule has 0 saturated carbocycles. The van der Waals surface area contributed by atoms with Gasteiger partial charge in [-0.2, -0.15) is 0 Å². The van der Waals surface area contributed by atoms with E-state index in [-0.39, 0.29) is 27.8 Å². The fourth-order valence-electron chi connectivity index (χ4n) is 1.24. The number of carboxylic acids is 1. The van der Waals surface area contributed by atoms with Crippen molar-refractivity contribution in [2.45, 2.75) is 19.4 Å². The highest BCUT2D eigenvalue weighted by Gasteiger charge is 2.20. The third kappa shape index (κ3) is 2.73. The number of hydrogen-bond donors (Lipinski definition) is 2. The molecule has 0 bridgehead atoms. The molecule has 4 nitrogen and oxygen atoms in total. The van der Waals surface area contributed by atoms with Crippen LogP contribution in [-0.4, -0.2) is 16.1 Å². The quantitative estimate of drug-likeness (QED) is 0.889. The molecule has 0 aliphatic carbocycles. The number of nitrogens with zero attached hydrogens (tertiary/aromatic N) is 1. The van der Waals surface area contributed by atoms with Gasteiger partial charge in [0.15, 0.2) is 0 Å². The van der Waals surface area contributed by atoms with E-state index in [0.29, 0.717) is 0 Å². The number of carbonyl (C=O) groups is 1. The van der Waals surface area contributed by atoms with E-state index in [0.717, 1.165) is 0 Å². The minimum Gasteiger partial charge on any atom is -0.481 e. The number of aromatic nitrogens is 1. The molecule has 0 saturated heterocycles. The topological polar surface area (TPSA) is 76.2 Å². The number of aliphatic carboxylic acids is 1. The number of alkyl halides is 2. The van der Waals surface area contributed by atoms with Gasteiger partial charge < -0.3 is 10.8 Å². The van der Waals surface area contributed by atoms with Crippen molar-refractivity contribution < 1.29 is 18.7 Å². The van der Waals surface area contributed by atoms with Crippen molar-refractivity contribution in [1.29, 1.82) is 0 Å². The lowest BCUT2D eigenvalue weighted by atomic mass is 10.1. The Morgan fingerprint density at radius 2 is 2.25 bits per heavy atom. The van der Waals surface area contributed by atoms with Crippen molar-refractivity contribution in [2.75, 3.05) is 0 Å². The van der Waals surface area contributed by atoms with Crippen LogP contribution in [0.4, 0.5) is 8.78 Å². The summed E-state index contributed by atoms with van der Waals surface area (Å²) in [6.07, 6.45) is -1.95. The summed E-state index contributed by atoms with van der Waals surface area (Å²) in [7, 11) is 0. The van der Waals surface area contributed by atoms with Crippen LogP contribution in [0.25, 0.3) is 0 Å². The number of nitrogens with two attached hydrogens (primary N) is 1. The SMILES string of the molecule is NCc1cnc(CC(=O)O)c(Br)c1C(F)F. The first-order chi connectivity index (χ1) is 7.47. The van der Waals surface area contributed by atoms with Crippen LogP contribution in [0.15, 0.2) is 10.7 Å². The Hall–Kier alpha value is -1.08. The number of hydrogen-bond acceptors (Lipinski definition) is 3. The van der Waals surface area contributed by atoms with Crippen molar-refractivity contribution in [3.63, 3.8) is 0 Å². The third-order valence-electron chi connectivity index (χ3n) is 1.97. The number of rotatable bonds is 4. The number of carboxylic acid groups (broad SMARTS) is 1. The van der Waals surface area contributed by atoms with Gasteiger partial charge in [0, 0.05) is 22.8 Å². The van der Waals surface area contributed by atoms with E-state index in [1.54, 1.807) is 0 Å². The van der Waals surface area contributed by atoms with Crippen LogP contribution in [0.5, 0.6) is 0 Å². The van der Waals surface area contributed by atoms with Gasteiger partial charge in [0.05, 0.1) is 12.1 Å². The minimum absolute atomic E-state index is 0.0212. The Morgan fingerprint density at radius 1 is 1.62 bits per heavy atom. The molecule has 0 spiro atoms. The second-order valence-corrected chi connectivity index (χ2v) is 3.83. The lowest BCUT2D eigenvalue weighted by Gasteiger charge is -2.11. The van der Waals surface area contributed by atoms with Crippen LogP contribution in [0.1, 0.15) is 23.2 Å². The largest absolute Gasteiger partial charge is 0.481 e. The molecule has 0 unspecified atom stereocenters. The standard InChI is InChI=1S/C9H9BrF2N2O2/c10-8-5(1-6(15)16)14-3-4(2-13)7(8)9(11)12/h3,9H,1-2,13H2,(H,15,16). The average Bonchev–Trinajstić information content (AvgIpc) is 2.19. The molecule has 0 fully saturated rings. The number of pyridine rings is 1. The zero-order valence-corrected chi connectivity index (χ0v) is 9.67. The molecular weight excluding hydrogens is 286 g/mol. The van der Waals surface area contributed by atoms with E-state index < -0.39 is 18.8 Å². The van der Waals surface area contributed by atoms with Crippen molar-refractivity contribution >= 4 is 21.9 Å². The van der Waals surface area contributed by atoms with Crippen molar-refractivity contribution in [2.24, 2.45) is 5.73 Å². The van der Waals surface area contributed by atoms with Crippen molar-refractivity contribution in [3.8, 4) is 0 Å². The predicted octanol–water partition coefficient (Wildman–Crippen LogP) is 1.87. The van der Waals surface area contributed by atoms with Crippen molar-refractivity contribution in [3.05, 3.63) is 27.5 Å². The van der Waals surface area contributed by atoms with Gasteiger partial charge in [-0.05, 0) is 21.5 Å². The summed E-state index contributed by atoms with van der Waals surface area (Å²) < 4.78 is 25.5. The summed E-state index contributed by atoms with van der Waals surface area (Å²) in [5.41, 5.74) is 5.29. The van der Waals surface area contributed by atoms with Crippen LogP contribution in [0.2, 0.25) is 0 Å². The zero-order chi connectivity index (χ0) is 12.3. The first-order valence-electron chi connectivity index (χ1n) is 4.33. The van der Waals surface area contributed by atoms with Crippen LogP contribution >= 0.6 is 15.9 Å². The van der Waals surface area contributed by atoms with Crippen molar-refractivity contribution in [1.82, 2.24) is 4.98 Å². The summed E-state index contributed by atoms with van der Waals surface area (Å²) in [5, 5.41) is 8.57. The molecule has 1 rings (SSSR count). The fourth-order valence-corrected chi connectivity index (χ4v) is 1.91. The van der Waals surface area contributed by atoms with Crippen LogP contribution < -0.4 is 5.73 Å². The smallest absolute Gasteiger partial charge is 0.309 e. The molecule has 7 heteroatoms. The Bertz CT molecular complexity index is 413. The molecule has 1 aromatic heterocycles. The molecule has 0 amide bonds. The lowest BCUT2D eigenvalue weighted by molar-refractivity contribution is -0.136. The number of halogens is 3. The van der Waals surface area contributed by atoms with E-state index in [1.807, 2.05) is 0 Å². The molecular formula is C9H9BrF2N2O2. The summed E-state index contributed by atoms with van der Waals surface area (Å²) >= 11 is 2.94. The monoisotopic (exact) mass is 294 g/mol. The fraction of sp³-hybridized carbons (Fsp3) is 0.333. The van der Waals surface area contributed by atoms with Crippen LogP contribution in [-0.2, 0) is 17.8 Å². The molecule has 0 radical (unpaired) electrons. The molecule has 0 atom stereocenters. The maximum absolute atomic E-state index is 12.7. The molecule has 3 N–H and O–H groups in total. The van der Waals surface area contributed by atoms with Gasteiger partial charge in [-0.1, -0.05) is 0 Å². The third-order valence-corrected chi connectivity index (χ3v) is 2.85. The van der Waals surface area contributed by atoms with Gasteiger partial charge in [0.2, 0.25) is 0 Å². The summed E-state index contributed by atoms with van der Waals surface area (Å²) in [4.78, 5) is 14.3. The summed E-state index contributed by atoms with van der Waals surface area (Å²) in [5.74, 6) is -1.13. The molecule has 0 aliphatic heterocycles. The van der Waals surface area contributed by atoms with E-state index in [4.69, 9.17) is 10.8 Å². The molecule has 88 valence electrons. The predicted molar refractivity (Wildman–Crippen MR) is 56.1 cm³/mol. The van der Waals surface area contributed by atoms with E-state index in [2.05, 4.69) is 20.9 Å². The molecule has 1 heterocycles. The zero-order valence-electron chi connectivity index (χ0n) is 8.08. The van der Waals surface area contributed by atoms with E-state index >= 15 is 0 Å². The highest BCUT2D eigenvalue weighted by atomic mass is 79.9. The summed E-state index contributed by atoms with van der Waals surface area (Å²) in [6.45, 7) is -0.0708. The maximum atomic E-state index is 12.7. The molecule has 0 aromatic carbocycles. The lowest BCUT2D eigenvalue weighted by Crippen LogP contribution is -2.09. The van der Waals surface area contributed by atoms with Gasteiger partial charge in [0.1, 0.15) is 0 Å². The summed E-state index contributed by atoms with van der Waals surface area (Å²) in [6, 6.07) is 0. The minimum atomic E-state index is -2.72.